The van der Waals surface area contributed by atoms with E-state index in [-0.39, 0.29) is 17.8 Å². The molecular formula is C16H14FN3OS. The van der Waals surface area contributed by atoms with Crippen LogP contribution in [0.15, 0.2) is 35.7 Å². The van der Waals surface area contributed by atoms with Crippen LogP contribution in [0.3, 0.4) is 0 Å². The first kappa shape index (κ1) is 13.3. The summed E-state index contributed by atoms with van der Waals surface area (Å²) in [6.07, 6.45) is 0.626. The normalized spacial score (nSPS) is 17.0. The van der Waals surface area contributed by atoms with Gasteiger partial charge in [0.15, 0.2) is 0 Å². The summed E-state index contributed by atoms with van der Waals surface area (Å²) < 4.78 is 13.3. The molecule has 0 spiro atoms. The van der Waals surface area contributed by atoms with E-state index in [1.54, 1.807) is 17.4 Å². The molecule has 0 aliphatic carbocycles. The smallest absolute Gasteiger partial charge is 0.268 e. The average Bonchev–Trinajstić information content (AvgIpc) is 3.08. The Bertz CT molecular complexity index is 826. The van der Waals surface area contributed by atoms with E-state index in [4.69, 9.17) is 0 Å². The molecule has 3 heterocycles. The van der Waals surface area contributed by atoms with Crippen molar-refractivity contribution in [3.05, 3.63) is 52.8 Å². The van der Waals surface area contributed by atoms with E-state index in [0.29, 0.717) is 18.7 Å². The van der Waals surface area contributed by atoms with Crippen LogP contribution in [0, 0.1) is 5.82 Å². The standard InChI is InChI=1S/C16H14FN3OS/c17-11-1-2-13-10(5-11)6-12(8-18-13)19-15(21)14-7-9-3-4-22-16(9)20-14/h1-5,7,12,18,20H,6,8H2,(H,19,21). The van der Waals surface area contributed by atoms with Gasteiger partial charge in [-0.25, -0.2) is 4.39 Å². The van der Waals surface area contributed by atoms with Gasteiger partial charge in [0.1, 0.15) is 16.3 Å². The van der Waals surface area contributed by atoms with Gasteiger partial charge in [-0.3, -0.25) is 4.79 Å². The molecule has 0 saturated carbocycles. The second-order valence-corrected chi connectivity index (χ2v) is 6.36. The Morgan fingerprint density at radius 3 is 3.09 bits per heavy atom. The summed E-state index contributed by atoms with van der Waals surface area (Å²) in [5.41, 5.74) is 2.39. The Morgan fingerprint density at radius 1 is 1.32 bits per heavy atom. The Balaban J connectivity index is 1.49. The van der Waals surface area contributed by atoms with Gasteiger partial charge in [0, 0.05) is 17.6 Å². The molecule has 4 rings (SSSR count). The number of aromatic nitrogens is 1. The Hall–Kier alpha value is -2.34. The molecule has 3 aromatic rings. The second-order valence-electron chi connectivity index (χ2n) is 5.44. The molecule has 22 heavy (non-hydrogen) atoms. The van der Waals surface area contributed by atoms with Gasteiger partial charge in [-0.2, -0.15) is 0 Å². The maximum atomic E-state index is 13.3. The van der Waals surface area contributed by atoms with Gasteiger partial charge in [0.25, 0.3) is 5.91 Å². The Morgan fingerprint density at radius 2 is 2.23 bits per heavy atom. The van der Waals surface area contributed by atoms with Crippen LogP contribution < -0.4 is 10.6 Å². The lowest BCUT2D eigenvalue weighted by atomic mass is 9.99. The number of halogens is 1. The molecule has 0 fully saturated rings. The highest BCUT2D eigenvalue weighted by Gasteiger charge is 2.21. The zero-order valence-electron chi connectivity index (χ0n) is 11.7. The van der Waals surface area contributed by atoms with Crippen LogP contribution in [-0.2, 0) is 6.42 Å². The minimum atomic E-state index is -0.253. The van der Waals surface area contributed by atoms with Crippen molar-refractivity contribution in [2.45, 2.75) is 12.5 Å². The van der Waals surface area contributed by atoms with Crippen molar-refractivity contribution < 1.29 is 9.18 Å². The molecule has 3 N–H and O–H groups in total. The van der Waals surface area contributed by atoms with Gasteiger partial charge in [-0.1, -0.05) is 0 Å². The summed E-state index contributed by atoms with van der Waals surface area (Å²) in [6.45, 7) is 0.638. The number of amides is 1. The fourth-order valence-electron chi connectivity index (χ4n) is 2.81. The predicted molar refractivity (Wildman–Crippen MR) is 86.0 cm³/mol. The van der Waals surface area contributed by atoms with Crippen LogP contribution in [0.4, 0.5) is 10.1 Å². The minimum Gasteiger partial charge on any atom is -0.383 e. The third kappa shape index (κ3) is 2.35. The third-order valence-corrected chi connectivity index (χ3v) is 4.74. The molecule has 112 valence electrons. The van der Waals surface area contributed by atoms with E-state index in [1.807, 2.05) is 17.5 Å². The largest absolute Gasteiger partial charge is 0.383 e. The molecule has 0 bridgehead atoms. The summed E-state index contributed by atoms with van der Waals surface area (Å²) in [4.78, 5) is 16.4. The number of H-pyrrole nitrogens is 1. The lowest BCUT2D eigenvalue weighted by Gasteiger charge is -2.26. The van der Waals surface area contributed by atoms with Gasteiger partial charge >= 0.3 is 0 Å². The number of carbonyl (C=O) groups is 1. The molecule has 1 aliphatic heterocycles. The van der Waals surface area contributed by atoms with Crippen LogP contribution in [0.2, 0.25) is 0 Å². The van der Waals surface area contributed by atoms with Crippen molar-refractivity contribution in [3.63, 3.8) is 0 Å². The molecular weight excluding hydrogens is 301 g/mol. The van der Waals surface area contributed by atoms with Gasteiger partial charge < -0.3 is 15.6 Å². The van der Waals surface area contributed by atoms with Crippen molar-refractivity contribution in [2.75, 3.05) is 11.9 Å². The summed E-state index contributed by atoms with van der Waals surface area (Å²) in [5.74, 6) is -0.382. The number of thiophene rings is 1. The van der Waals surface area contributed by atoms with E-state index in [1.165, 1.54) is 12.1 Å². The van der Waals surface area contributed by atoms with Crippen LogP contribution >= 0.6 is 11.3 Å². The van der Waals surface area contributed by atoms with Crippen molar-refractivity contribution in [2.24, 2.45) is 0 Å². The maximum Gasteiger partial charge on any atom is 0.268 e. The number of fused-ring (bicyclic) bond motifs is 2. The third-order valence-electron chi connectivity index (χ3n) is 3.90. The lowest BCUT2D eigenvalue weighted by Crippen LogP contribution is -2.43. The molecule has 1 amide bonds. The number of hydrogen-bond donors (Lipinski definition) is 3. The SMILES string of the molecule is O=C(NC1CNc2ccc(F)cc2C1)c1cc2ccsc2[nH]1. The quantitative estimate of drug-likeness (QED) is 0.680. The van der Waals surface area contributed by atoms with Crippen LogP contribution in [0.5, 0.6) is 0 Å². The van der Waals surface area contributed by atoms with Crippen LogP contribution in [0.1, 0.15) is 16.1 Å². The number of anilines is 1. The highest BCUT2D eigenvalue weighted by Crippen LogP contribution is 2.24. The van der Waals surface area contributed by atoms with Gasteiger partial charge in [0.2, 0.25) is 0 Å². The Kier molecular flexibility index (Phi) is 3.11. The molecule has 2 aromatic heterocycles. The topological polar surface area (TPSA) is 56.9 Å². The fraction of sp³-hybridized carbons (Fsp3) is 0.188. The number of aromatic amines is 1. The fourth-order valence-corrected chi connectivity index (χ4v) is 3.59. The van der Waals surface area contributed by atoms with E-state index >= 15 is 0 Å². The van der Waals surface area contributed by atoms with Crippen molar-refractivity contribution in [1.82, 2.24) is 10.3 Å². The monoisotopic (exact) mass is 315 g/mol. The summed E-state index contributed by atoms with van der Waals surface area (Å²) in [6, 6.07) is 8.48. The molecule has 6 heteroatoms. The number of nitrogens with one attached hydrogen (secondary N) is 3. The number of carbonyl (C=O) groups excluding carboxylic acids is 1. The first-order valence-corrected chi connectivity index (χ1v) is 7.96. The summed E-state index contributed by atoms with van der Waals surface area (Å²) >= 11 is 1.57. The maximum absolute atomic E-state index is 13.3. The zero-order valence-corrected chi connectivity index (χ0v) is 12.5. The molecule has 4 nitrogen and oxygen atoms in total. The van der Waals surface area contributed by atoms with E-state index in [0.717, 1.165) is 21.5 Å². The number of hydrogen-bond acceptors (Lipinski definition) is 3. The Labute approximate surface area is 130 Å². The van der Waals surface area contributed by atoms with Crippen molar-refractivity contribution in [3.8, 4) is 0 Å². The van der Waals surface area contributed by atoms with Gasteiger partial charge in [-0.15, -0.1) is 11.3 Å². The average molecular weight is 315 g/mol. The molecule has 1 atom stereocenters. The number of benzene rings is 1. The molecule has 1 aromatic carbocycles. The molecule has 0 radical (unpaired) electrons. The van der Waals surface area contributed by atoms with Crippen LogP contribution in [-0.4, -0.2) is 23.5 Å². The van der Waals surface area contributed by atoms with E-state index in [9.17, 15) is 9.18 Å². The van der Waals surface area contributed by atoms with E-state index in [2.05, 4.69) is 15.6 Å². The lowest BCUT2D eigenvalue weighted by molar-refractivity contribution is 0.0934. The second kappa shape index (κ2) is 5.14. The van der Waals surface area contributed by atoms with Gasteiger partial charge in [0.05, 0.1) is 6.04 Å². The predicted octanol–water partition coefficient (Wildman–Crippen LogP) is 3.14. The minimum absolute atomic E-state index is 0.0527. The zero-order chi connectivity index (χ0) is 15.1. The molecule has 1 aliphatic rings. The van der Waals surface area contributed by atoms with Crippen molar-refractivity contribution in [1.29, 1.82) is 0 Å². The first-order valence-electron chi connectivity index (χ1n) is 7.08. The highest BCUT2D eigenvalue weighted by molar-refractivity contribution is 7.16. The van der Waals surface area contributed by atoms with Crippen molar-refractivity contribution >= 4 is 33.1 Å². The highest BCUT2D eigenvalue weighted by atomic mass is 32.1. The first-order chi connectivity index (χ1) is 10.7. The summed E-state index contributed by atoms with van der Waals surface area (Å²) in [7, 11) is 0. The van der Waals surface area contributed by atoms with E-state index < -0.39 is 0 Å². The molecule has 0 saturated heterocycles. The van der Waals surface area contributed by atoms with Crippen LogP contribution in [0.25, 0.3) is 10.2 Å². The molecule has 1 unspecified atom stereocenters. The van der Waals surface area contributed by atoms with Gasteiger partial charge in [-0.05, 0) is 47.7 Å². The summed E-state index contributed by atoms with van der Waals surface area (Å²) in [5, 5.41) is 9.26. The number of rotatable bonds is 2.